The van der Waals surface area contributed by atoms with Crippen molar-refractivity contribution in [2.24, 2.45) is 5.73 Å². The SMILES string of the molecule is CCCCCCCCCCCCCCC=CCCCCCCC(O)C(N)=O. The van der Waals surface area contributed by atoms with E-state index in [0.29, 0.717) is 6.42 Å². The standard InChI is InChI=1S/C24H47NO2/c1-2-3-4-5-6-7-8-9-10-11-12-13-14-15-16-17-18-19-20-21-22-23(26)24(25)27/h15-16,23,26H,2-14,17-22H2,1H3,(H2,25,27). The molecule has 0 radical (unpaired) electrons. The number of primary amides is 1. The summed E-state index contributed by atoms with van der Waals surface area (Å²) < 4.78 is 0. The number of rotatable bonds is 21. The molecule has 1 atom stereocenters. The van der Waals surface area contributed by atoms with Crippen molar-refractivity contribution in [2.45, 2.75) is 135 Å². The molecule has 27 heavy (non-hydrogen) atoms. The molecule has 0 bridgehead atoms. The lowest BCUT2D eigenvalue weighted by atomic mass is 10.0. The van der Waals surface area contributed by atoms with Gasteiger partial charge in [0.05, 0.1) is 0 Å². The highest BCUT2D eigenvalue weighted by atomic mass is 16.3. The number of carbonyl (C=O) groups is 1. The van der Waals surface area contributed by atoms with Crippen molar-refractivity contribution in [1.82, 2.24) is 0 Å². The number of nitrogens with two attached hydrogens (primary N) is 1. The molecule has 0 fully saturated rings. The fourth-order valence-corrected chi connectivity index (χ4v) is 3.43. The predicted molar refractivity (Wildman–Crippen MR) is 118 cm³/mol. The van der Waals surface area contributed by atoms with Gasteiger partial charge in [0.2, 0.25) is 5.91 Å². The second-order valence-corrected chi connectivity index (χ2v) is 8.06. The molecule has 0 spiro atoms. The number of aliphatic hydroxyl groups excluding tert-OH is 1. The summed E-state index contributed by atoms with van der Waals surface area (Å²) in [5, 5.41) is 9.29. The first-order chi connectivity index (χ1) is 13.2. The minimum Gasteiger partial charge on any atom is -0.383 e. The van der Waals surface area contributed by atoms with Crippen molar-refractivity contribution in [2.75, 3.05) is 0 Å². The molecule has 0 saturated heterocycles. The van der Waals surface area contributed by atoms with Crippen LogP contribution in [0.3, 0.4) is 0 Å². The minimum absolute atomic E-state index is 0.504. The number of amides is 1. The molecular weight excluding hydrogens is 334 g/mol. The first-order valence-corrected chi connectivity index (χ1v) is 11.8. The highest BCUT2D eigenvalue weighted by Gasteiger charge is 2.08. The van der Waals surface area contributed by atoms with E-state index in [9.17, 15) is 9.90 Å². The zero-order chi connectivity index (χ0) is 20.0. The normalized spacial score (nSPS) is 12.7. The quantitative estimate of drug-likeness (QED) is 0.169. The molecule has 160 valence electrons. The molecule has 3 N–H and O–H groups in total. The Balaban J connectivity index is 3.14. The van der Waals surface area contributed by atoms with Crippen LogP contribution >= 0.6 is 0 Å². The summed E-state index contributed by atoms with van der Waals surface area (Å²) in [6.07, 6.45) is 27.8. The average molecular weight is 382 g/mol. The predicted octanol–water partition coefficient (Wildman–Crippen LogP) is 6.82. The Morgan fingerprint density at radius 3 is 1.48 bits per heavy atom. The van der Waals surface area contributed by atoms with Crippen LogP contribution in [0, 0.1) is 0 Å². The Bertz CT molecular complexity index is 341. The molecule has 3 heteroatoms. The van der Waals surface area contributed by atoms with Gasteiger partial charge in [-0.1, -0.05) is 109 Å². The molecular formula is C24H47NO2. The third kappa shape index (κ3) is 21.3. The Hall–Kier alpha value is -0.830. The van der Waals surface area contributed by atoms with Gasteiger partial charge >= 0.3 is 0 Å². The van der Waals surface area contributed by atoms with Crippen LogP contribution in [0.1, 0.15) is 129 Å². The number of allylic oxidation sites excluding steroid dienone is 2. The Morgan fingerprint density at radius 2 is 1.07 bits per heavy atom. The maximum atomic E-state index is 10.7. The first kappa shape index (κ1) is 26.2. The van der Waals surface area contributed by atoms with Gasteiger partial charge in [0.15, 0.2) is 0 Å². The van der Waals surface area contributed by atoms with E-state index in [0.717, 1.165) is 25.7 Å². The second kappa shape index (κ2) is 21.5. The van der Waals surface area contributed by atoms with Crippen LogP contribution in [0.15, 0.2) is 12.2 Å². The highest BCUT2D eigenvalue weighted by molar-refractivity contribution is 5.78. The summed E-state index contributed by atoms with van der Waals surface area (Å²) in [7, 11) is 0. The third-order valence-electron chi connectivity index (χ3n) is 5.32. The Morgan fingerprint density at radius 1 is 0.704 bits per heavy atom. The molecule has 0 saturated carbocycles. The monoisotopic (exact) mass is 381 g/mol. The van der Waals surface area contributed by atoms with Crippen molar-refractivity contribution >= 4 is 5.91 Å². The summed E-state index contributed by atoms with van der Waals surface area (Å²) in [5.74, 6) is -0.601. The molecule has 0 rings (SSSR count). The molecule has 0 aromatic carbocycles. The van der Waals surface area contributed by atoms with Gasteiger partial charge in [-0.2, -0.15) is 0 Å². The van der Waals surface area contributed by atoms with Crippen molar-refractivity contribution < 1.29 is 9.90 Å². The van der Waals surface area contributed by atoms with Crippen LogP contribution in [-0.4, -0.2) is 17.1 Å². The lowest BCUT2D eigenvalue weighted by molar-refractivity contribution is -0.126. The van der Waals surface area contributed by atoms with E-state index in [4.69, 9.17) is 5.73 Å². The van der Waals surface area contributed by atoms with Crippen LogP contribution < -0.4 is 5.73 Å². The molecule has 0 aliphatic carbocycles. The van der Waals surface area contributed by atoms with Crippen molar-refractivity contribution in [3.05, 3.63) is 12.2 Å². The zero-order valence-corrected chi connectivity index (χ0v) is 18.1. The molecule has 0 aliphatic rings. The van der Waals surface area contributed by atoms with Gasteiger partial charge in [-0.05, 0) is 32.1 Å². The Labute approximate surface area is 169 Å². The van der Waals surface area contributed by atoms with Gasteiger partial charge in [-0.15, -0.1) is 0 Å². The lowest BCUT2D eigenvalue weighted by Crippen LogP contribution is -2.27. The van der Waals surface area contributed by atoms with Crippen molar-refractivity contribution in [1.29, 1.82) is 0 Å². The van der Waals surface area contributed by atoms with E-state index < -0.39 is 12.0 Å². The van der Waals surface area contributed by atoms with Crippen LogP contribution in [0.2, 0.25) is 0 Å². The van der Waals surface area contributed by atoms with Gasteiger partial charge in [0, 0.05) is 0 Å². The van der Waals surface area contributed by atoms with Crippen LogP contribution in [0.4, 0.5) is 0 Å². The topological polar surface area (TPSA) is 63.3 Å². The zero-order valence-electron chi connectivity index (χ0n) is 18.1. The number of aliphatic hydroxyl groups is 1. The summed E-state index contributed by atoms with van der Waals surface area (Å²) in [6, 6.07) is 0. The average Bonchev–Trinajstić information content (AvgIpc) is 2.66. The van der Waals surface area contributed by atoms with Gasteiger partial charge in [-0.3, -0.25) is 4.79 Å². The molecule has 0 heterocycles. The molecule has 0 aromatic rings. The number of hydrogen-bond acceptors (Lipinski definition) is 2. The van der Waals surface area contributed by atoms with E-state index in [-0.39, 0.29) is 0 Å². The van der Waals surface area contributed by atoms with Crippen LogP contribution in [0.25, 0.3) is 0 Å². The van der Waals surface area contributed by atoms with Gasteiger partial charge in [-0.25, -0.2) is 0 Å². The van der Waals surface area contributed by atoms with Crippen LogP contribution in [-0.2, 0) is 4.79 Å². The van der Waals surface area contributed by atoms with Crippen molar-refractivity contribution in [3.8, 4) is 0 Å². The van der Waals surface area contributed by atoms with Gasteiger partial charge in [0.1, 0.15) is 6.10 Å². The van der Waals surface area contributed by atoms with Gasteiger partial charge < -0.3 is 10.8 Å². The van der Waals surface area contributed by atoms with Crippen molar-refractivity contribution in [3.63, 3.8) is 0 Å². The lowest BCUT2D eigenvalue weighted by Gasteiger charge is -2.05. The maximum Gasteiger partial charge on any atom is 0.246 e. The second-order valence-electron chi connectivity index (χ2n) is 8.06. The Kier molecular flexibility index (Phi) is 20.8. The number of carbonyl (C=O) groups excluding carboxylic acids is 1. The van der Waals surface area contributed by atoms with E-state index in [1.54, 1.807) is 0 Å². The van der Waals surface area contributed by atoms with E-state index in [2.05, 4.69) is 19.1 Å². The summed E-state index contributed by atoms with van der Waals surface area (Å²) in [6.45, 7) is 2.28. The van der Waals surface area contributed by atoms with E-state index >= 15 is 0 Å². The molecule has 3 nitrogen and oxygen atoms in total. The van der Waals surface area contributed by atoms with E-state index in [1.807, 2.05) is 0 Å². The van der Waals surface area contributed by atoms with Gasteiger partial charge in [0.25, 0.3) is 0 Å². The smallest absolute Gasteiger partial charge is 0.246 e. The van der Waals surface area contributed by atoms with E-state index in [1.165, 1.54) is 89.9 Å². The summed E-state index contributed by atoms with van der Waals surface area (Å²) in [4.78, 5) is 10.7. The number of unbranched alkanes of at least 4 members (excludes halogenated alkanes) is 16. The minimum atomic E-state index is -0.958. The van der Waals surface area contributed by atoms with Crippen LogP contribution in [0.5, 0.6) is 0 Å². The fourth-order valence-electron chi connectivity index (χ4n) is 3.43. The largest absolute Gasteiger partial charge is 0.383 e. The first-order valence-electron chi connectivity index (χ1n) is 11.8. The molecule has 1 unspecified atom stereocenters. The third-order valence-corrected chi connectivity index (χ3v) is 5.32. The summed E-state index contributed by atoms with van der Waals surface area (Å²) in [5.41, 5.74) is 5.02. The molecule has 0 aromatic heterocycles. The molecule has 1 amide bonds. The number of hydrogen-bond donors (Lipinski definition) is 2. The fraction of sp³-hybridized carbons (Fsp3) is 0.875. The maximum absolute atomic E-state index is 10.7. The summed E-state index contributed by atoms with van der Waals surface area (Å²) >= 11 is 0. The highest BCUT2D eigenvalue weighted by Crippen LogP contribution is 2.13. The molecule has 0 aliphatic heterocycles.